The van der Waals surface area contributed by atoms with Crippen molar-refractivity contribution in [1.29, 1.82) is 0 Å². The molecule has 0 aliphatic carbocycles. The first-order chi connectivity index (χ1) is 13.3. The molecule has 136 valence electrons. The van der Waals surface area contributed by atoms with Crippen molar-refractivity contribution in [2.75, 3.05) is 0 Å². The van der Waals surface area contributed by atoms with Gasteiger partial charge in [-0.05, 0) is 37.6 Å². The van der Waals surface area contributed by atoms with Gasteiger partial charge in [0, 0.05) is 18.0 Å². The van der Waals surface area contributed by atoms with E-state index in [1.807, 2.05) is 35.9 Å². The van der Waals surface area contributed by atoms with Gasteiger partial charge in [-0.2, -0.15) is 5.10 Å². The molecule has 0 unspecified atom stereocenters. The normalized spacial score (nSPS) is 11.0. The van der Waals surface area contributed by atoms with E-state index in [-0.39, 0.29) is 0 Å². The number of aromatic nitrogens is 5. The molecule has 0 fully saturated rings. The molecule has 0 spiro atoms. The second-order valence-corrected chi connectivity index (χ2v) is 7.18. The van der Waals surface area contributed by atoms with Gasteiger partial charge in [0.2, 0.25) is 0 Å². The minimum Gasteiger partial charge on any atom is -0.269 e. The van der Waals surface area contributed by atoms with Gasteiger partial charge < -0.3 is 0 Å². The summed E-state index contributed by atoms with van der Waals surface area (Å²) < 4.78 is 4.10. The van der Waals surface area contributed by atoms with E-state index in [0.717, 1.165) is 40.4 Å². The molecule has 0 saturated heterocycles. The third-order valence-corrected chi connectivity index (χ3v) is 5.29. The van der Waals surface area contributed by atoms with Crippen LogP contribution in [0.15, 0.2) is 71.9 Å². The summed E-state index contributed by atoms with van der Waals surface area (Å²) in [6.07, 6.45) is 0. The molecular weight excluding hydrogens is 354 g/mol. The molecule has 5 nitrogen and oxygen atoms in total. The van der Waals surface area contributed by atoms with E-state index >= 15 is 0 Å². The van der Waals surface area contributed by atoms with Gasteiger partial charge in [-0.15, -0.1) is 10.2 Å². The fourth-order valence-corrected chi connectivity index (χ4v) is 3.94. The average molecular weight is 376 g/mol. The predicted octanol–water partition coefficient (Wildman–Crippen LogP) is 4.75. The maximum atomic E-state index is 4.57. The van der Waals surface area contributed by atoms with Gasteiger partial charge in [0.05, 0.1) is 5.69 Å². The highest BCUT2D eigenvalue weighted by Gasteiger charge is 2.19. The number of aryl methyl sites for hydroxylation is 2. The molecule has 2 heterocycles. The SMILES string of the molecule is CCn1nc(C)cc1-c1nnc(SCc2ccccc2)n1-c1ccccc1. The van der Waals surface area contributed by atoms with Gasteiger partial charge in [-0.25, -0.2) is 0 Å². The second-order valence-electron chi connectivity index (χ2n) is 6.24. The van der Waals surface area contributed by atoms with E-state index < -0.39 is 0 Å². The molecule has 0 amide bonds. The molecule has 6 heteroatoms. The summed E-state index contributed by atoms with van der Waals surface area (Å²) >= 11 is 1.69. The molecule has 2 aromatic heterocycles. The molecule has 0 saturated carbocycles. The van der Waals surface area contributed by atoms with Crippen LogP contribution in [0.3, 0.4) is 0 Å². The van der Waals surface area contributed by atoms with Crippen molar-refractivity contribution < 1.29 is 0 Å². The maximum Gasteiger partial charge on any atom is 0.196 e. The van der Waals surface area contributed by atoms with Crippen LogP contribution in [0.1, 0.15) is 18.2 Å². The Morgan fingerprint density at radius 2 is 1.63 bits per heavy atom. The highest BCUT2D eigenvalue weighted by atomic mass is 32.2. The van der Waals surface area contributed by atoms with E-state index in [1.54, 1.807) is 11.8 Å². The zero-order valence-corrected chi connectivity index (χ0v) is 16.2. The minimum absolute atomic E-state index is 0.789. The molecule has 0 bridgehead atoms. The Morgan fingerprint density at radius 1 is 0.926 bits per heavy atom. The molecular formula is C21H21N5S. The zero-order valence-electron chi connectivity index (χ0n) is 15.4. The van der Waals surface area contributed by atoms with Crippen molar-refractivity contribution >= 4 is 11.8 Å². The van der Waals surface area contributed by atoms with E-state index in [0.29, 0.717) is 0 Å². The Bertz CT molecular complexity index is 1020. The summed E-state index contributed by atoms with van der Waals surface area (Å²) in [6.45, 7) is 4.88. The van der Waals surface area contributed by atoms with Gasteiger partial charge >= 0.3 is 0 Å². The summed E-state index contributed by atoms with van der Waals surface area (Å²) in [5.74, 6) is 1.66. The van der Waals surface area contributed by atoms with Crippen molar-refractivity contribution in [3.63, 3.8) is 0 Å². The zero-order chi connectivity index (χ0) is 18.6. The summed E-state index contributed by atoms with van der Waals surface area (Å²) in [6, 6.07) is 22.7. The van der Waals surface area contributed by atoms with Crippen molar-refractivity contribution in [3.05, 3.63) is 78.0 Å². The highest BCUT2D eigenvalue weighted by molar-refractivity contribution is 7.98. The first-order valence-corrected chi connectivity index (χ1v) is 9.97. The Labute approximate surface area is 163 Å². The Balaban J connectivity index is 1.77. The smallest absolute Gasteiger partial charge is 0.196 e. The number of benzene rings is 2. The molecule has 4 rings (SSSR count). The number of nitrogens with zero attached hydrogens (tertiary/aromatic N) is 5. The summed E-state index contributed by atoms with van der Waals surface area (Å²) in [4.78, 5) is 0. The topological polar surface area (TPSA) is 48.5 Å². The fraction of sp³-hybridized carbons (Fsp3) is 0.190. The summed E-state index contributed by atoms with van der Waals surface area (Å²) in [5.41, 5.74) is 4.28. The van der Waals surface area contributed by atoms with Crippen LogP contribution in [0.4, 0.5) is 0 Å². The van der Waals surface area contributed by atoms with Crippen LogP contribution in [0.5, 0.6) is 0 Å². The van der Waals surface area contributed by atoms with Gasteiger partial charge in [0.15, 0.2) is 11.0 Å². The monoisotopic (exact) mass is 375 g/mol. The number of para-hydroxylation sites is 1. The minimum atomic E-state index is 0.789. The molecule has 0 atom stereocenters. The molecule has 0 N–H and O–H groups in total. The number of rotatable bonds is 6. The Morgan fingerprint density at radius 3 is 2.33 bits per heavy atom. The molecule has 2 aromatic carbocycles. The fourth-order valence-electron chi connectivity index (χ4n) is 3.03. The maximum absolute atomic E-state index is 4.57. The molecule has 27 heavy (non-hydrogen) atoms. The van der Waals surface area contributed by atoms with Crippen LogP contribution in [-0.2, 0) is 12.3 Å². The summed E-state index contributed by atoms with van der Waals surface area (Å²) in [5, 5.41) is 14.5. The molecule has 0 radical (unpaired) electrons. The number of hydrogen-bond donors (Lipinski definition) is 0. The van der Waals surface area contributed by atoms with Crippen LogP contribution in [0.2, 0.25) is 0 Å². The third-order valence-electron chi connectivity index (χ3n) is 4.29. The molecule has 0 aliphatic rings. The lowest BCUT2D eigenvalue weighted by molar-refractivity contribution is 0.655. The third kappa shape index (κ3) is 3.66. The lowest BCUT2D eigenvalue weighted by Gasteiger charge is -2.11. The standard InChI is InChI=1S/C21H21N5S/c1-3-25-19(14-16(2)24-25)20-22-23-21(26(20)18-12-8-5-9-13-18)27-15-17-10-6-4-7-11-17/h4-14H,3,15H2,1-2H3. The van der Waals surface area contributed by atoms with E-state index in [2.05, 4.69) is 69.3 Å². The predicted molar refractivity (Wildman–Crippen MR) is 109 cm³/mol. The van der Waals surface area contributed by atoms with Gasteiger partial charge in [-0.3, -0.25) is 9.25 Å². The number of thioether (sulfide) groups is 1. The van der Waals surface area contributed by atoms with Crippen molar-refractivity contribution in [2.45, 2.75) is 31.3 Å². The first-order valence-electron chi connectivity index (χ1n) is 8.98. The van der Waals surface area contributed by atoms with Crippen LogP contribution in [0.25, 0.3) is 17.2 Å². The van der Waals surface area contributed by atoms with Gasteiger partial charge in [-0.1, -0.05) is 60.3 Å². The Hall–Kier alpha value is -2.86. The molecule has 4 aromatic rings. The quantitative estimate of drug-likeness (QED) is 0.456. The van der Waals surface area contributed by atoms with Crippen molar-refractivity contribution in [2.24, 2.45) is 0 Å². The highest BCUT2D eigenvalue weighted by Crippen LogP contribution is 2.30. The lowest BCUT2D eigenvalue weighted by atomic mass is 10.2. The second kappa shape index (κ2) is 7.80. The average Bonchev–Trinajstić information content (AvgIpc) is 3.30. The van der Waals surface area contributed by atoms with Gasteiger partial charge in [0.1, 0.15) is 5.69 Å². The van der Waals surface area contributed by atoms with Crippen molar-refractivity contribution in [1.82, 2.24) is 24.5 Å². The van der Waals surface area contributed by atoms with Gasteiger partial charge in [0.25, 0.3) is 0 Å². The first kappa shape index (κ1) is 17.5. The molecule has 0 aliphatic heterocycles. The van der Waals surface area contributed by atoms with Crippen LogP contribution in [-0.4, -0.2) is 24.5 Å². The largest absolute Gasteiger partial charge is 0.269 e. The van der Waals surface area contributed by atoms with Crippen LogP contribution in [0, 0.1) is 6.92 Å². The van der Waals surface area contributed by atoms with E-state index in [4.69, 9.17) is 0 Å². The van der Waals surface area contributed by atoms with Crippen LogP contribution >= 0.6 is 11.8 Å². The van der Waals surface area contributed by atoms with E-state index in [1.165, 1.54) is 5.56 Å². The van der Waals surface area contributed by atoms with Crippen LogP contribution < -0.4 is 0 Å². The lowest BCUT2D eigenvalue weighted by Crippen LogP contribution is -2.05. The number of hydrogen-bond acceptors (Lipinski definition) is 4. The van der Waals surface area contributed by atoms with Crippen molar-refractivity contribution in [3.8, 4) is 17.2 Å². The van der Waals surface area contributed by atoms with E-state index in [9.17, 15) is 0 Å². The summed E-state index contributed by atoms with van der Waals surface area (Å²) in [7, 11) is 0. The Kier molecular flexibility index (Phi) is 5.07.